The van der Waals surface area contributed by atoms with Crippen LogP contribution in [0, 0.1) is 0 Å². The van der Waals surface area contributed by atoms with Crippen LogP contribution in [0.3, 0.4) is 0 Å². The monoisotopic (exact) mass is 478 g/mol. The van der Waals surface area contributed by atoms with Gasteiger partial charge in [-0.05, 0) is 60.5 Å². The largest absolute Gasteiger partial charge is 0.493 e. The van der Waals surface area contributed by atoms with Crippen LogP contribution in [0.4, 0.5) is 16.2 Å². The van der Waals surface area contributed by atoms with Gasteiger partial charge in [0.25, 0.3) is 5.91 Å². The van der Waals surface area contributed by atoms with Crippen LogP contribution in [0.25, 0.3) is 0 Å². The number of carbonyl (C=O) groups excluding carboxylic acids is 2. The molecule has 3 aromatic rings. The lowest BCUT2D eigenvalue weighted by atomic mass is 10.1. The standard InChI is InChI=1S/C25H26N4O4S/c1-32-21-10-5-17(16-22(21)33-2)11-13-26-23(30)18-6-8-19(9-7-18)28-25(31)29-14-15-34-24-20(29)4-3-12-27-24/h3-10,12,16H,11,13-15H2,1-2H3,(H,26,30)(H,28,31). The molecule has 0 saturated carbocycles. The molecule has 4 rings (SSSR count). The fraction of sp³-hybridized carbons (Fsp3) is 0.240. The van der Waals surface area contributed by atoms with Gasteiger partial charge >= 0.3 is 6.03 Å². The maximum Gasteiger partial charge on any atom is 0.326 e. The molecule has 0 unspecified atom stereocenters. The van der Waals surface area contributed by atoms with Crippen LogP contribution in [0.1, 0.15) is 15.9 Å². The summed E-state index contributed by atoms with van der Waals surface area (Å²) in [4.78, 5) is 31.3. The molecule has 0 bridgehead atoms. The van der Waals surface area contributed by atoms with Crippen LogP contribution >= 0.6 is 11.8 Å². The van der Waals surface area contributed by atoms with Crippen LogP contribution in [-0.4, -0.2) is 50.0 Å². The number of methoxy groups -OCH3 is 2. The molecular formula is C25H26N4O4S. The Morgan fingerprint density at radius 2 is 1.85 bits per heavy atom. The molecule has 8 nitrogen and oxygen atoms in total. The van der Waals surface area contributed by atoms with Crippen LogP contribution in [-0.2, 0) is 6.42 Å². The molecule has 9 heteroatoms. The number of nitrogens with zero attached hydrogens (tertiary/aromatic N) is 2. The number of amides is 3. The van der Waals surface area contributed by atoms with Gasteiger partial charge in [0, 0.05) is 36.3 Å². The maximum absolute atomic E-state index is 12.8. The van der Waals surface area contributed by atoms with E-state index >= 15 is 0 Å². The molecule has 1 aromatic heterocycles. The highest BCUT2D eigenvalue weighted by molar-refractivity contribution is 7.99. The third-order valence-electron chi connectivity index (χ3n) is 5.39. The van der Waals surface area contributed by atoms with Crippen molar-refractivity contribution < 1.29 is 19.1 Å². The smallest absolute Gasteiger partial charge is 0.326 e. The number of hydrogen-bond acceptors (Lipinski definition) is 6. The Kier molecular flexibility index (Phi) is 7.54. The molecule has 2 N–H and O–H groups in total. The number of hydrogen-bond donors (Lipinski definition) is 2. The van der Waals surface area contributed by atoms with Crippen molar-refractivity contribution >= 4 is 35.1 Å². The van der Waals surface area contributed by atoms with Crippen molar-refractivity contribution in [1.29, 1.82) is 0 Å². The van der Waals surface area contributed by atoms with Crippen LogP contribution in [0.2, 0.25) is 0 Å². The maximum atomic E-state index is 12.8. The molecule has 0 atom stereocenters. The summed E-state index contributed by atoms with van der Waals surface area (Å²) >= 11 is 1.64. The zero-order valence-electron chi connectivity index (χ0n) is 19.0. The van der Waals surface area contributed by atoms with Gasteiger partial charge in [-0.3, -0.25) is 9.69 Å². The summed E-state index contributed by atoms with van der Waals surface area (Å²) in [7, 11) is 3.19. The molecule has 0 fully saturated rings. The first-order valence-corrected chi connectivity index (χ1v) is 11.8. The Morgan fingerprint density at radius 3 is 2.62 bits per heavy atom. The van der Waals surface area contributed by atoms with Crippen molar-refractivity contribution in [2.45, 2.75) is 11.4 Å². The number of rotatable bonds is 7. The molecule has 0 spiro atoms. The van der Waals surface area contributed by atoms with E-state index in [2.05, 4.69) is 15.6 Å². The minimum Gasteiger partial charge on any atom is -0.493 e. The Hall–Kier alpha value is -3.72. The summed E-state index contributed by atoms with van der Waals surface area (Å²) in [6.45, 7) is 1.09. The second kappa shape index (κ2) is 10.9. The first-order chi connectivity index (χ1) is 16.6. The van der Waals surface area contributed by atoms with Gasteiger partial charge in [-0.15, -0.1) is 11.8 Å². The lowest BCUT2D eigenvalue weighted by molar-refractivity contribution is 0.0954. The Labute approximate surface area is 202 Å². The highest BCUT2D eigenvalue weighted by atomic mass is 32.2. The van der Waals surface area contributed by atoms with E-state index in [1.807, 2.05) is 30.3 Å². The predicted octanol–water partition coefficient (Wildman–Crippen LogP) is 4.22. The zero-order valence-corrected chi connectivity index (χ0v) is 19.9. The minimum absolute atomic E-state index is 0.175. The van der Waals surface area contributed by atoms with Gasteiger partial charge in [-0.2, -0.15) is 0 Å². The summed E-state index contributed by atoms with van der Waals surface area (Å²) in [5.74, 6) is 1.95. The zero-order chi connectivity index (χ0) is 23.9. The molecule has 1 aliphatic heterocycles. The lowest BCUT2D eigenvalue weighted by Crippen LogP contribution is -2.38. The number of aromatic nitrogens is 1. The Bertz CT molecular complexity index is 1170. The van der Waals surface area contributed by atoms with Gasteiger partial charge in [0.1, 0.15) is 5.03 Å². The summed E-state index contributed by atoms with van der Waals surface area (Å²) in [6, 6.07) is 16.0. The second-order valence-electron chi connectivity index (χ2n) is 7.53. The highest BCUT2D eigenvalue weighted by Crippen LogP contribution is 2.32. The number of carbonyl (C=O) groups is 2. The topological polar surface area (TPSA) is 92.8 Å². The van der Waals surface area contributed by atoms with E-state index in [-0.39, 0.29) is 11.9 Å². The van der Waals surface area contributed by atoms with Crippen molar-refractivity contribution in [2.24, 2.45) is 0 Å². The van der Waals surface area contributed by atoms with Gasteiger partial charge < -0.3 is 20.1 Å². The van der Waals surface area contributed by atoms with E-state index in [1.165, 1.54) is 0 Å². The first kappa shape index (κ1) is 23.4. The van der Waals surface area contributed by atoms with Crippen molar-refractivity contribution in [3.63, 3.8) is 0 Å². The number of anilines is 2. The molecule has 0 saturated heterocycles. The lowest BCUT2D eigenvalue weighted by Gasteiger charge is -2.28. The molecular weight excluding hydrogens is 452 g/mol. The van der Waals surface area contributed by atoms with Crippen LogP contribution in [0.15, 0.2) is 65.8 Å². The van der Waals surface area contributed by atoms with E-state index < -0.39 is 0 Å². The predicted molar refractivity (Wildman–Crippen MR) is 133 cm³/mol. The third kappa shape index (κ3) is 5.43. The van der Waals surface area contributed by atoms with E-state index in [4.69, 9.17) is 9.47 Å². The number of fused-ring (bicyclic) bond motifs is 1. The van der Waals surface area contributed by atoms with E-state index in [0.717, 1.165) is 22.0 Å². The third-order valence-corrected chi connectivity index (χ3v) is 6.36. The average molecular weight is 479 g/mol. The van der Waals surface area contributed by atoms with Crippen LogP contribution < -0.4 is 25.0 Å². The quantitative estimate of drug-likeness (QED) is 0.528. The van der Waals surface area contributed by atoms with Crippen molar-refractivity contribution in [1.82, 2.24) is 10.3 Å². The van der Waals surface area contributed by atoms with E-state index in [1.54, 1.807) is 61.3 Å². The van der Waals surface area contributed by atoms with E-state index in [0.29, 0.717) is 42.3 Å². The fourth-order valence-electron chi connectivity index (χ4n) is 3.62. The fourth-order valence-corrected chi connectivity index (χ4v) is 4.55. The molecule has 2 heterocycles. The summed E-state index contributed by atoms with van der Waals surface area (Å²) in [6.07, 6.45) is 2.38. The Morgan fingerprint density at radius 1 is 1.06 bits per heavy atom. The number of nitrogens with one attached hydrogen (secondary N) is 2. The molecule has 34 heavy (non-hydrogen) atoms. The molecule has 2 aromatic carbocycles. The van der Waals surface area contributed by atoms with Gasteiger partial charge in [0.2, 0.25) is 0 Å². The normalized spacial score (nSPS) is 12.5. The van der Waals surface area contributed by atoms with Gasteiger partial charge in [-0.25, -0.2) is 9.78 Å². The Balaban J connectivity index is 1.30. The van der Waals surface area contributed by atoms with Gasteiger partial charge in [0.15, 0.2) is 11.5 Å². The number of pyridine rings is 1. The molecule has 1 aliphatic rings. The second-order valence-corrected chi connectivity index (χ2v) is 8.61. The molecule has 0 aliphatic carbocycles. The molecule has 0 radical (unpaired) electrons. The number of urea groups is 1. The first-order valence-electron chi connectivity index (χ1n) is 10.8. The van der Waals surface area contributed by atoms with Gasteiger partial charge in [-0.1, -0.05) is 6.07 Å². The van der Waals surface area contributed by atoms with Crippen molar-refractivity contribution in [2.75, 3.05) is 43.3 Å². The van der Waals surface area contributed by atoms with Crippen molar-refractivity contribution in [3.05, 3.63) is 71.9 Å². The number of benzene rings is 2. The minimum atomic E-state index is -0.221. The van der Waals surface area contributed by atoms with E-state index in [9.17, 15) is 9.59 Å². The number of thioether (sulfide) groups is 1. The van der Waals surface area contributed by atoms with Crippen LogP contribution in [0.5, 0.6) is 11.5 Å². The summed E-state index contributed by atoms with van der Waals surface area (Å²) in [5, 5.41) is 6.67. The number of ether oxygens (including phenoxy) is 2. The molecule has 176 valence electrons. The summed E-state index contributed by atoms with van der Waals surface area (Å²) < 4.78 is 10.6. The van der Waals surface area contributed by atoms with Gasteiger partial charge in [0.05, 0.1) is 19.9 Å². The SMILES string of the molecule is COc1ccc(CCNC(=O)c2ccc(NC(=O)N3CCSc4ncccc43)cc2)cc1OC. The summed E-state index contributed by atoms with van der Waals surface area (Å²) in [5.41, 5.74) is 2.98. The highest BCUT2D eigenvalue weighted by Gasteiger charge is 2.23. The van der Waals surface area contributed by atoms with Crippen molar-refractivity contribution in [3.8, 4) is 11.5 Å². The molecule has 3 amide bonds. The average Bonchev–Trinajstić information content (AvgIpc) is 2.88.